The van der Waals surface area contributed by atoms with E-state index in [1.54, 1.807) is 18.2 Å². The lowest BCUT2D eigenvalue weighted by Crippen LogP contribution is -2.51. The highest BCUT2D eigenvalue weighted by Gasteiger charge is 2.44. The molecule has 5 unspecified atom stereocenters. The van der Waals surface area contributed by atoms with E-state index in [-0.39, 0.29) is 49.1 Å². The third-order valence-electron chi connectivity index (χ3n) is 8.68. The van der Waals surface area contributed by atoms with Crippen molar-refractivity contribution in [3.8, 4) is 0 Å². The summed E-state index contributed by atoms with van der Waals surface area (Å²) in [7, 11) is 2.06. The highest BCUT2D eigenvalue weighted by atomic mass is 32.2. The zero-order valence-electron chi connectivity index (χ0n) is 28.4. The molecule has 5 rings (SSSR count). The van der Waals surface area contributed by atoms with Crippen LogP contribution < -0.4 is 10.2 Å². The number of hydrogen-bond donors (Lipinski definition) is 2. The van der Waals surface area contributed by atoms with Gasteiger partial charge in [-0.15, -0.1) is 0 Å². The lowest BCUT2D eigenvalue weighted by molar-refractivity contribution is -0.0907. The molecule has 3 aromatic rings. The number of fused-ring (bicyclic) bond motifs is 2. The van der Waals surface area contributed by atoms with Gasteiger partial charge in [0.05, 0.1) is 46.4 Å². The van der Waals surface area contributed by atoms with Crippen molar-refractivity contribution >= 4 is 42.8 Å². The number of hydrogen-bond acceptors (Lipinski definition) is 11. The number of aliphatic hydroxyl groups excluding tert-OH is 1. The van der Waals surface area contributed by atoms with Gasteiger partial charge in [0.1, 0.15) is 6.10 Å². The fraction of sp³-hybridized carbons (Fsp3) is 0.588. The summed E-state index contributed by atoms with van der Waals surface area (Å²) in [6.07, 6.45) is -0.744. The van der Waals surface area contributed by atoms with Crippen LogP contribution in [0.25, 0.3) is 10.2 Å². The number of nitrogens with zero attached hydrogens (tertiary/aromatic N) is 4. The predicted octanol–water partition coefficient (Wildman–Crippen LogP) is 3.79. The van der Waals surface area contributed by atoms with Crippen LogP contribution in [0.15, 0.2) is 53.4 Å². The van der Waals surface area contributed by atoms with Gasteiger partial charge in [-0.1, -0.05) is 55.5 Å². The topological polar surface area (TPSA) is 134 Å². The number of rotatable bonds is 16. The number of thiazole rings is 1. The second kappa shape index (κ2) is 16.2. The average Bonchev–Trinajstić information content (AvgIpc) is 3.77. The van der Waals surface area contributed by atoms with Crippen LogP contribution >= 0.6 is 11.3 Å². The summed E-state index contributed by atoms with van der Waals surface area (Å²) in [5.41, 5.74) is 1.62. The molecule has 264 valence electrons. The van der Waals surface area contributed by atoms with Crippen LogP contribution in [-0.4, -0.2) is 119 Å². The number of carbonyl (C=O) groups is 1. The molecule has 2 N–H and O–H groups in total. The molecule has 5 atom stereocenters. The summed E-state index contributed by atoms with van der Waals surface area (Å²) in [6, 6.07) is 13.6. The van der Waals surface area contributed by atoms with E-state index in [0.717, 1.165) is 46.8 Å². The van der Waals surface area contributed by atoms with Crippen molar-refractivity contribution in [1.82, 2.24) is 19.5 Å². The molecule has 0 aliphatic carbocycles. The van der Waals surface area contributed by atoms with E-state index in [4.69, 9.17) is 19.2 Å². The number of nitrogens with one attached hydrogen (secondary N) is 1. The Hall–Kier alpha value is -2.85. The van der Waals surface area contributed by atoms with Crippen molar-refractivity contribution in [1.29, 1.82) is 0 Å². The molecule has 0 saturated carbocycles. The van der Waals surface area contributed by atoms with E-state index in [1.807, 2.05) is 65.3 Å². The third kappa shape index (κ3) is 9.23. The second-order valence-electron chi connectivity index (χ2n) is 13.4. The van der Waals surface area contributed by atoms with E-state index < -0.39 is 34.4 Å². The van der Waals surface area contributed by atoms with E-state index in [1.165, 1.54) is 15.6 Å². The summed E-state index contributed by atoms with van der Waals surface area (Å²) in [4.78, 5) is 22.3. The van der Waals surface area contributed by atoms with Gasteiger partial charge in [0, 0.05) is 26.7 Å². The van der Waals surface area contributed by atoms with Crippen molar-refractivity contribution in [2.45, 2.75) is 62.5 Å². The van der Waals surface area contributed by atoms with E-state index in [2.05, 4.69) is 15.1 Å². The van der Waals surface area contributed by atoms with Crippen LogP contribution in [0.3, 0.4) is 0 Å². The molecule has 2 aliphatic heterocycles. The minimum Gasteiger partial charge on any atom is -0.443 e. The molecule has 2 fully saturated rings. The molecule has 0 radical (unpaired) electrons. The molecule has 12 nitrogen and oxygen atoms in total. The normalized spacial score (nSPS) is 20.8. The number of aliphatic hydroxyl groups is 1. The smallest absolute Gasteiger partial charge is 0.407 e. The lowest BCUT2D eigenvalue weighted by Gasteiger charge is -2.31. The Balaban J connectivity index is 1.33. The molecule has 1 aromatic heterocycles. The fourth-order valence-corrected chi connectivity index (χ4v) is 8.84. The molecule has 2 aliphatic rings. The summed E-state index contributed by atoms with van der Waals surface area (Å²) < 4.78 is 47.3. The molecular formula is C34H49N5O7S2. The Bertz CT molecular complexity index is 1600. The van der Waals surface area contributed by atoms with Crippen molar-refractivity contribution < 1.29 is 32.5 Å². The third-order valence-corrected chi connectivity index (χ3v) is 11.6. The second-order valence-corrected chi connectivity index (χ2v) is 16.3. The molecule has 0 spiro atoms. The Morgan fingerprint density at radius 2 is 1.88 bits per heavy atom. The molecule has 48 heavy (non-hydrogen) atoms. The van der Waals surface area contributed by atoms with Crippen LogP contribution in [-0.2, 0) is 30.7 Å². The Morgan fingerprint density at radius 3 is 2.60 bits per heavy atom. The molecule has 3 heterocycles. The van der Waals surface area contributed by atoms with Crippen molar-refractivity contribution in [3.63, 3.8) is 0 Å². The van der Waals surface area contributed by atoms with E-state index in [9.17, 15) is 18.3 Å². The van der Waals surface area contributed by atoms with Crippen molar-refractivity contribution in [3.05, 3.63) is 54.1 Å². The Kier molecular flexibility index (Phi) is 12.3. The number of anilines is 1. The summed E-state index contributed by atoms with van der Waals surface area (Å²) in [6.45, 7) is 6.42. The monoisotopic (exact) mass is 703 g/mol. The summed E-state index contributed by atoms with van der Waals surface area (Å²) >= 11 is 1.46. The Morgan fingerprint density at radius 1 is 1.10 bits per heavy atom. The first-order valence-electron chi connectivity index (χ1n) is 16.6. The molecule has 2 saturated heterocycles. The standard InChI is InChI=1S/C34H49N5O7S2/c1-23(2)20-39(48(42,43)25-12-13-27-31(19-25)47-33(35-27)38(5)16-9-15-37(3)4)21-29(40)28(18-24-10-7-6-8-11-24)36-34(41)46-30-22-45-32-26(30)14-17-44-32/h6-8,10-13,19,23,26,28-30,32,40H,9,14-18,20-22H2,1-5H3,(H,36,41). The molecule has 2 aromatic carbocycles. The fourth-order valence-electron chi connectivity index (χ4n) is 6.12. The summed E-state index contributed by atoms with van der Waals surface area (Å²) in [5, 5.41) is 15.3. The SMILES string of the molecule is CC(C)CN(CC(O)C(Cc1ccccc1)NC(=O)OC1COC2OCCC12)S(=O)(=O)c1ccc2nc(N(C)CCCN(C)C)sc2c1. The van der Waals surface area contributed by atoms with Crippen LogP contribution in [0.5, 0.6) is 0 Å². The van der Waals surface area contributed by atoms with Gasteiger partial charge in [0.2, 0.25) is 10.0 Å². The summed E-state index contributed by atoms with van der Waals surface area (Å²) in [5.74, 6) is -0.0497. The number of amides is 1. The highest BCUT2D eigenvalue weighted by molar-refractivity contribution is 7.89. The van der Waals surface area contributed by atoms with Gasteiger partial charge in [-0.2, -0.15) is 4.31 Å². The van der Waals surface area contributed by atoms with Gasteiger partial charge < -0.3 is 34.4 Å². The van der Waals surface area contributed by atoms with Gasteiger partial charge >= 0.3 is 6.09 Å². The number of carbonyl (C=O) groups excluding carboxylic acids is 1. The number of aromatic nitrogens is 1. The first-order valence-corrected chi connectivity index (χ1v) is 18.9. The van der Waals surface area contributed by atoms with E-state index in [0.29, 0.717) is 6.61 Å². The Labute approximate surface area is 288 Å². The van der Waals surface area contributed by atoms with Crippen molar-refractivity contribution in [2.24, 2.45) is 11.8 Å². The van der Waals surface area contributed by atoms with Gasteiger partial charge in [0.15, 0.2) is 11.4 Å². The van der Waals surface area contributed by atoms with Crippen LogP contribution in [0, 0.1) is 11.8 Å². The van der Waals surface area contributed by atoms with Gasteiger partial charge in [0.25, 0.3) is 0 Å². The minimum absolute atomic E-state index is 0.0176. The van der Waals surface area contributed by atoms with Gasteiger partial charge in [-0.3, -0.25) is 0 Å². The zero-order valence-corrected chi connectivity index (χ0v) is 30.1. The maximum atomic E-state index is 14.2. The van der Waals surface area contributed by atoms with Crippen LogP contribution in [0.1, 0.15) is 32.3 Å². The largest absolute Gasteiger partial charge is 0.443 e. The molecule has 14 heteroatoms. The first kappa shape index (κ1) is 36.4. The van der Waals surface area contributed by atoms with E-state index >= 15 is 0 Å². The number of sulfonamides is 1. The average molecular weight is 704 g/mol. The molecule has 0 bridgehead atoms. The van der Waals surface area contributed by atoms with Crippen LogP contribution in [0.2, 0.25) is 0 Å². The molecular weight excluding hydrogens is 655 g/mol. The predicted molar refractivity (Wildman–Crippen MR) is 187 cm³/mol. The van der Waals surface area contributed by atoms with Crippen molar-refractivity contribution in [2.75, 3.05) is 65.4 Å². The zero-order chi connectivity index (χ0) is 34.4. The quantitative estimate of drug-likeness (QED) is 0.227. The number of ether oxygens (including phenoxy) is 3. The van der Waals surface area contributed by atoms with Crippen LogP contribution in [0.4, 0.5) is 9.93 Å². The maximum Gasteiger partial charge on any atom is 0.407 e. The van der Waals surface area contributed by atoms with Gasteiger partial charge in [-0.25, -0.2) is 18.2 Å². The highest BCUT2D eigenvalue weighted by Crippen LogP contribution is 2.33. The number of alkyl carbamates (subject to hydrolysis) is 1. The molecule has 1 amide bonds. The number of benzene rings is 2. The lowest BCUT2D eigenvalue weighted by atomic mass is 10.0. The maximum absolute atomic E-state index is 14.2. The minimum atomic E-state index is -4.02. The van der Waals surface area contributed by atoms with Gasteiger partial charge in [-0.05, 0) is 69.6 Å². The first-order chi connectivity index (χ1) is 22.9.